The van der Waals surface area contributed by atoms with Crippen LogP contribution in [0.1, 0.15) is 22.9 Å². The summed E-state index contributed by atoms with van der Waals surface area (Å²) >= 11 is 10.2. The van der Waals surface area contributed by atoms with Gasteiger partial charge in [0.25, 0.3) is 0 Å². The number of Topliss-reactive ketones (excluding diaryl/α,β-unsaturated/α-hetero) is 1. The Labute approximate surface area is 109 Å². The molecule has 0 amide bonds. The molecule has 1 atom stereocenters. The van der Waals surface area contributed by atoms with Crippen molar-refractivity contribution in [1.82, 2.24) is 0 Å². The van der Waals surface area contributed by atoms with E-state index in [1.54, 1.807) is 6.92 Å². The van der Waals surface area contributed by atoms with Gasteiger partial charge in [-0.05, 0) is 24.1 Å². The predicted octanol–water partition coefficient (Wildman–Crippen LogP) is 4.37. The van der Waals surface area contributed by atoms with Gasteiger partial charge in [0.15, 0.2) is 0 Å². The molecule has 1 unspecified atom stereocenters. The Hall–Kier alpha value is 0.330. The van der Waals surface area contributed by atoms with E-state index in [0.717, 1.165) is 20.9 Å². The van der Waals surface area contributed by atoms with Gasteiger partial charge in [0.05, 0.1) is 4.83 Å². The number of hydrogen-bond donors (Lipinski definition) is 0. The van der Waals surface area contributed by atoms with Gasteiger partial charge in [0, 0.05) is 9.80 Å². The number of carbonyl (C=O) groups excluding carboxylic acids is 1. The second kappa shape index (κ2) is 5.42. The topological polar surface area (TPSA) is 17.1 Å². The Morgan fingerprint density at radius 1 is 1.50 bits per heavy atom. The van der Waals surface area contributed by atoms with Crippen molar-refractivity contribution in [3.05, 3.63) is 33.8 Å². The Bertz CT molecular complexity index is 349. The molecule has 14 heavy (non-hydrogen) atoms. The van der Waals surface area contributed by atoms with E-state index in [1.165, 1.54) is 0 Å². The summed E-state index contributed by atoms with van der Waals surface area (Å²) in [6, 6.07) is 5.99. The average Bonchev–Trinajstić information content (AvgIpc) is 2.17. The van der Waals surface area contributed by atoms with Crippen LogP contribution in [0.3, 0.4) is 0 Å². The van der Waals surface area contributed by atoms with Crippen molar-refractivity contribution in [2.24, 2.45) is 0 Å². The third-order valence-corrected chi connectivity index (χ3v) is 4.35. The first-order valence-electron chi connectivity index (χ1n) is 4.05. The number of alkyl halides is 2. The van der Waals surface area contributed by atoms with E-state index in [4.69, 9.17) is 0 Å². The monoisotopic (exact) mass is 382 g/mol. The number of carbonyl (C=O) groups is 1. The van der Waals surface area contributed by atoms with Gasteiger partial charge in [0.2, 0.25) is 0 Å². The van der Waals surface area contributed by atoms with Crippen molar-refractivity contribution in [3.8, 4) is 0 Å². The summed E-state index contributed by atoms with van der Waals surface area (Å²) < 4.78 is 0.958. The van der Waals surface area contributed by atoms with Gasteiger partial charge in [0.1, 0.15) is 5.78 Å². The van der Waals surface area contributed by atoms with Crippen molar-refractivity contribution >= 4 is 53.6 Å². The molecule has 0 heterocycles. The van der Waals surface area contributed by atoms with Crippen molar-refractivity contribution in [2.75, 3.05) is 0 Å². The number of hydrogen-bond acceptors (Lipinski definition) is 1. The lowest BCUT2D eigenvalue weighted by molar-refractivity contribution is -0.116. The van der Waals surface area contributed by atoms with E-state index in [-0.39, 0.29) is 10.6 Å². The summed E-state index contributed by atoms with van der Waals surface area (Å²) in [6.45, 7) is 1.58. The summed E-state index contributed by atoms with van der Waals surface area (Å²) in [7, 11) is 0. The molecule has 76 valence electrons. The van der Waals surface area contributed by atoms with Crippen LogP contribution in [0.5, 0.6) is 0 Å². The minimum atomic E-state index is -0.226. The van der Waals surface area contributed by atoms with Crippen LogP contribution in [0.4, 0.5) is 0 Å². The second-order valence-corrected chi connectivity index (χ2v) is 5.29. The smallest absolute Gasteiger partial charge is 0.147 e. The lowest BCUT2D eigenvalue weighted by atomic mass is 10.1. The maximum absolute atomic E-state index is 11.2. The van der Waals surface area contributed by atoms with Crippen LogP contribution in [0.2, 0.25) is 0 Å². The van der Waals surface area contributed by atoms with Crippen LogP contribution in [-0.4, -0.2) is 5.78 Å². The molecule has 1 rings (SSSR count). The van der Waals surface area contributed by atoms with E-state index >= 15 is 0 Å². The number of halogens is 3. The molecular formula is C10H9Br3O. The first-order valence-corrected chi connectivity index (χ1v) is 6.88. The maximum Gasteiger partial charge on any atom is 0.147 e. The molecule has 0 saturated carbocycles. The molecule has 0 aromatic heterocycles. The first kappa shape index (κ1) is 12.4. The standard InChI is InChI=1S/C10H9Br3O/c1-6(14)10(13)8-4-7(5-11)2-3-9(8)12/h2-4,10H,5H2,1H3. The molecule has 0 aliphatic rings. The molecule has 0 aliphatic heterocycles. The fraction of sp³-hybridized carbons (Fsp3) is 0.300. The van der Waals surface area contributed by atoms with Gasteiger partial charge >= 0.3 is 0 Å². The van der Waals surface area contributed by atoms with Crippen LogP contribution in [0, 0.1) is 0 Å². The van der Waals surface area contributed by atoms with E-state index in [0.29, 0.717) is 0 Å². The van der Waals surface area contributed by atoms with Crippen molar-refractivity contribution in [3.63, 3.8) is 0 Å². The summed E-state index contributed by atoms with van der Waals surface area (Å²) in [4.78, 5) is 11.0. The largest absolute Gasteiger partial charge is 0.298 e. The summed E-state index contributed by atoms with van der Waals surface area (Å²) in [5, 5.41) is 0.797. The van der Waals surface area contributed by atoms with Gasteiger partial charge in [-0.2, -0.15) is 0 Å². The van der Waals surface area contributed by atoms with E-state index in [9.17, 15) is 4.79 Å². The molecule has 4 heteroatoms. The lowest BCUT2D eigenvalue weighted by Crippen LogP contribution is -2.02. The minimum Gasteiger partial charge on any atom is -0.298 e. The van der Waals surface area contributed by atoms with Gasteiger partial charge in [-0.15, -0.1) is 0 Å². The molecule has 1 aromatic carbocycles. The number of benzene rings is 1. The average molecular weight is 385 g/mol. The Balaban J connectivity index is 3.11. The van der Waals surface area contributed by atoms with Gasteiger partial charge in [-0.1, -0.05) is 59.9 Å². The molecular weight excluding hydrogens is 376 g/mol. The predicted molar refractivity (Wildman–Crippen MR) is 69.1 cm³/mol. The van der Waals surface area contributed by atoms with Crippen LogP contribution in [0.25, 0.3) is 0 Å². The van der Waals surface area contributed by atoms with Crippen molar-refractivity contribution in [2.45, 2.75) is 17.1 Å². The van der Waals surface area contributed by atoms with Crippen LogP contribution in [-0.2, 0) is 10.1 Å². The van der Waals surface area contributed by atoms with E-state index < -0.39 is 0 Å². The zero-order valence-electron chi connectivity index (χ0n) is 7.56. The van der Waals surface area contributed by atoms with E-state index in [2.05, 4.69) is 47.8 Å². The lowest BCUT2D eigenvalue weighted by Gasteiger charge is -2.10. The molecule has 1 nitrogen and oxygen atoms in total. The SMILES string of the molecule is CC(=O)C(Br)c1cc(CBr)ccc1Br. The molecule has 0 saturated heterocycles. The number of rotatable bonds is 3. The van der Waals surface area contributed by atoms with E-state index in [1.807, 2.05) is 18.2 Å². The van der Waals surface area contributed by atoms with Crippen LogP contribution in [0.15, 0.2) is 22.7 Å². The molecule has 0 spiro atoms. The molecule has 0 aliphatic carbocycles. The Morgan fingerprint density at radius 2 is 2.14 bits per heavy atom. The Kier molecular flexibility index (Phi) is 4.80. The third kappa shape index (κ3) is 2.91. The normalized spacial score (nSPS) is 12.6. The zero-order chi connectivity index (χ0) is 10.7. The highest BCUT2D eigenvalue weighted by Crippen LogP contribution is 2.31. The van der Waals surface area contributed by atoms with Crippen molar-refractivity contribution < 1.29 is 4.79 Å². The fourth-order valence-corrected chi connectivity index (χ4v) is 2.60. The maximum atomic E-state index is 11.2. The summed E-state index contributed by atoms with van der Waals surface area (Å²) in [5.41, 5.74) is 2.14. The minimum absolute atomic E-state index is 0.109. The molecule has 0 N–H and O–H groups in total. The number of ketones is 1. The fourth-order valence-electron chi connectivity index (χ4n) is 1.09. The van der Waals surface area contributed by atoms with Gasteiger partial charge < -0.3 is 0 Å². The van der Waals surface area contributed by atoms with Gasteiger partial charge in [-0.25, -0.2) is 0 Å². The second-order valence-electron chi connectivity index (χ2n) is 2.96. The van der Waals surface area contributed by atoms with Crippen LogP contribution < -0.4 is 0 Å². The zero-order valence-corrected chi connectivity index (χ0v) is 12.3. The van der Waals surface area contributed by atoms with Gasteiger partial charge in [-0.3, -0.25) is 4.79 Å². The summed E-state index contributed by atoms with van der Waals surface area (Å²) in [5.74, 6) is 0.109. The highest BCUT2D eigenvalue weighted by Gasteiger charge is 2.15. The van der Waals surface area contributed by atoms with Crippen molar-refractivity contribution in [1.29, 1.82) is 0 Å². The Morgan fingerprint density at radius 3 is 2.64 bits per heavy atom. The molecule has 1 aromatic rings. The highest BCUT2D eigenvalue weighted by molar-refractivity contribution is 9.11. The quantitative estimate of drug-likeness (QED) is 0.707. The van der Waals surface area contributed by atoms with Crippen LogP contribution >= 0.6 is 47.8 Å². The highest BCUT2D eigenvalue weighted by atomic mass is 79.9. The molecule has 0 radical (unpaired) electrons. The third-order valence-electron chi connectivity index (χ3n) is 1.84. The molecule has 0 fully saturated rings. The summed E-state index contributed by atoms with van der Waals surface area (Å²) in [6.07, 6.45) is 0. The molecule has 0 bridgehead atoms. The first-order chi connectivity index (χ1) is 6.56.